The summed E-state index contributed by atoms with van der Waals surface area (Å²) in [5.74, 6) is 4.41. The topological polar surface area (TPSA) is 38.2 Å². The molecular weight excluding hydrogens is 470 g/mol. The van der Waals surface area contributed by atoms with Crippen molar-refractivity contribution in [1.29, 1.82) is 0 Å². The molecule has 2 aliphatic carbocycles. The smallest absolute Gasteiger partial charge is 0.334 e. The van der Waals surface area contributed by atoms with Gasteiger partial charge in [0.1, 0.15) is 0 Å². The minimum Gasteiger partial charge on any atom is -0.334 e. The minimum atomic E-state index is -1.05. The monoisotopic (exact) mass is 505 g/mol. The third-order valence-electron chi connectivity index (χ3n) is 9.29. The molecule has 0 radical (unpaired) electrons. The standard InChI is InChI=1S/C33H35N3O2/c1(3-17-34-18-16-27-22-23-12-13-26(27)21-23)2-7-24-14-15-30-32-28(24)10-6-20-36(32)33(38-30)35-19-5-9-25-8-4-11-29(37-33)31(25)35/h4-6,8-15,19-20,23,26-27,34H,1-3,7,16-18,21-22H2/q+2/t23?,26?,27?,33-/m0/s1. The number of hydrogen-bond donors (Lipinski definition) is 1. The Hall–Kier alpha value is -3.44. The summed E-state index contributed by atoms with van der Waals surface area (Å²) in [6, 6.07) is 18.0. The molecule has 192 valence electrons. The lowest BCUT2D eigenvalue weighted by molar-refractivity contribution is -1.03. The zero-order valence-corrected chi connectivity index (χ0v) is 21.8. The van der Waals surface area contributed by atoms with Crippen LogP contribution in [0.5, 0.6) is 11.5 Å². The third kappa shape index (κ3) is 3.41. The number of para-hydroxylation sites is 1. The van der Waals surface area contributed by atoms with Crippen LogP contribution in [0.4, 0.5) is 0 Å². The van der Waals surface area contributed by atoms with Crippen molar-refractivity contribution in [3.05, 3.63) is 84.7 Å². The van der Waals surface area contributed by atoms with Gasteiger partial charge >= 0.3 is 6.03 Å². The zero-order valence-electron chi connectivity index (χ0n) is 21.8. The molecule has 2 aromatic heterocycles. The van der Waals surface area contributed by atoms with Gasteiger partial charge in [0, 0.05) is 12.1 Å². The van der Waals surface area contributed by atoms with E-state index in [1.165, 1.54) is 56.0 Å². The lowest BCUT2D eigenvalue weighted by atomic mass is 9.91. The predicted molar refractivity (Wildman–Crippen MR) is 147 cm³/mol. The molecule has 2 aromatic carbocycles. The van der Waals surface area contributed by atoms with Crippen LogP contribution >= 0.6 is 0 Å². The average molecular weight is 506 g/mol. The van der Waals surface area contributed by atoms with Crippen molar-refractivity contribution in [2.75, 3.05) is 13.1 Å². The van der Waals surface area contributed by atoms with Gasteiger partial charge in [0.05, 0.1) is 10.8 Å². The summed E-state index contributed by atoms with van der Waals surface area (Å²) < 4.78 is 17.5. The van der Waals surface area contributed by atoms with Gasteiger partial charge < -0.3 is 14.8 Å². The van der Waals surface area contributed by atoms with Crippen molar-refractivity contribution >= 4 is 21.8 Å². The first kappa shape index (κ1) is 22.5. The van der Waals surface area contributed by atoms with Crippen LogP contribution in [0.1, 0.15) is 44.1 Å². The van der Waals surface area contributed by atoms with Crippen LogP contribution in [0.15, 0.2) is 79.1 Å². The van der Waals surface area contributed by atoms with Crippen molar-refractivity contribution in [2.45, 2.75) is 51.0 Å². The number of hydrogen-bond acceptors (Lipinski definition) is 3. The summed E-state index contributed by atoms with van der Waals surface area (Å²) in [6.45, 7) is 2.31. The van der Waals surface area contributed by atoms with Gasteiger partial charge in [0.2, 0.25) is 11.5 Å². The summed E-state index contributed by atoms with van der Waals surface area (Å²) in [5, 5.41) is 6.11. The molecule has 2 bridgehead atoms. The Bertz CT molecular complexity index is 1570. The summed E-state index contributed by atoms with van der Waals surface area (Å²) >= 11 is 0. The molecule has 38 heavy (non-hydrogen) atoms. The van der Waals surface area contributed by atoms with Gasteiger partial charge in [0.15, 0.2) is 12.4 Å². The van der Waals surface area contributed by atoms with Crippen molar-refractivity contribution in [3.63, 3.8) is 0 Å². The summed E-state index contributed by atoms with van der Waals surface area (Å²) in [4.78, 5) is 0. The number of aromatic nitrogens is 2. The summed E-state index contributed by atoms with van der Waals surface area (Å²) in [7, 11) is 0. The fraction of sp³-hybridized carbons (Fsp3) is 0.394. The SMILES string of the molecule is C1=CC2CC1CC2CCNCCCCCc1ccc2c3c1ccc[n+]3[C@@]1(Oc3cccc4ccc[n+]1c34)O2. The number of rotatable bonds is 9. The molecule has 5 nitrogen and oxygen atoms in total. The van der Waals surface area contributed by atoms with Gasteiger partial charge in [-0.2, -0.15) is 0 Å². The number of benzene rings is 2. The normalized spacial score (nSPS) is 25.6. The van der Waals surface area contributed by atoms with E-state index >= 15 is 0 Å². The van der Waals surface area contributed by atoms with Crippen LogP contribution < -0.4 is 23.9 Å². The lowest BCUT2D eigenvalue weighted by Gasteiger charge is -2.18. The number of allylic oxidation sites excluding steroid dienone is 2. The van der Waals surface area contributed by atoms with Crippen molar-refractivity contribution in [3.8, 4) is 11.5 Å². The second-order valence-corrected chi connectivity index (χ2v) is 11.6. The Morgan fingerprint density at radius 2 is 1.63 bits per heavy atom. The maximum absolute atomic E-state index is 6.62. The van der Waals surface area contributed by atoms with E-state index in [0.29, 0.717) is 0 Å². The number of pyridine rings is 2. The maximum Gasteiger partial charge on any atom is 0.715 e. The fourth-order valence-electron chi connectivity index (χ4n) is 7.46. The highest BCUT2D eigenvalue weighted by Crippen LogP contribution is 2.44. The molecule has 4 aliphatic rings. The van der Waals surface area contributed by atoms with Crippen LogP contribution in [-0.4, -0.2) is 13.1 Å². The second kappa shape index (κ2) is 8.81. The molecule has 8 rings (SSSR count). The number of aryl methyl sites for hydroxylation is 1. The molecule has 5 heteroatoms. The first-order valence-corrected chi connectivity index (χ1v) is 14.5. The molecule has 1 N–H and O–H groups in total. The molecule has 0 amide bonds. The Morgan fingerprint density at radius 3 is 2.50 bits per heavy atom. The average Bonchev–Trinajstić information content (AvgIpc) is 3.72. The Kier molecular flexibility index (Phi) is 5.22. The largest absolute Gasteiger partial charge is 0.715 e. The fourth-order valence-corrected chi connectivity index (χ4v) is 7.46. The van der Waals surface area contributed by atoms with Gasteiger partial charge in [-0.3, -0.25) is 0 Å². The van der Waals surface area contributed by atoms with Crippen LogP contribution in [-0.2, 0) is 12.5 Å². The molecule has 1 saturated carbocycles. The summed E-state index contributed by atoms with van der Waals surface area (Å²) in [6.07, 6.45) is 18.0. The molecule has 0 saturated heterocycles. The van der Waals surface area contributed by atoms with Gasteiger partial charge in [-0.1, -0.05) is 30.7 Å². The van der Waals surface area contributed by atoms with Crippen LogP contribution in [0.2, 0.25) is 0 Å². The number of nitrogens with one attached hydrogen (secondary N) is 1. The highest BCUT2D eigenvalue weighted by molar-refractivity contribution is 5.86. The first-order chi connectivity index (χ1) is 18.8. The number of nitrogens with zero attached hydrogens (tertiary/aromatic N) is 2. The molecule has 1 spiro atoms. The second-order valence-electron chi connectivity index (χ2n) is 11.6. The van der Waals surface area contributed by atoms with Crippen LogP contribution in [0, 0.1) is 17.8 Å². The van der Waals surface area contributed by atoms with E-state index in [1.807, 2.05) is 12.1 Å². The van der Waals surface area contributed by atoms with Crippen molar-refractivity contribution < 1.29 is 18.6 Å². The molecule has 4 heterocycles. The number of ether oxygens (including phenoxy) is 2. The Labute approximate surface area is 223 Å². The number of fused-ring (bicyclic) bond motifs is 4. The molecule has 2 aliphatic heterocycles. The van der Waals surface area contributed by atoms with E-state index in [9.17, 15) is 0 Å². The molecule has 4 atom stereocenters. The highest BCUT2D eigenvalue weighted by atomic mass is 16.8. The molecular formula is C33H35N3O2+2. The Morgan fingerprint density at radius 1 is 0.789 bits per heavy atom. The molecule has 1 fully saturated rings. The van der Waals surface area contributed by atoms with Crippen LogP contribution in [0.3, 0.4) is 0 Å². The van der Waals surface area contributed by atoms with Crippen molar-refractivity contribution in [1.82, 2.24) is 5.32 Å². The van der Waals surface area contributed by atoms with E-state index in [1.54, 1.807) is 0 Å². The van der Waals surface area contributed by atoms with Gasteiger partial charge in [-0.15, -0.1) is 0 Å². The third-order valence-corrected chi connectivity index (χ3v) is 9.29. The predicted octanol–water partition coefficient (Wildman–Crippen LogP) is 5.37. The van der Waals surface area contributed by atoms with Crippen LogP contribution in [0.25, 0.3) is 21.8 Å². The van der Waals surface area contributed by atoms with Crippen molar-refractivity contribution in [2.24, 2.45) is 17.8 Å². The highest BCUT2D eigenvalue weighted by Gasteiger charge is 2.68. The zero-order chi connectivity index (χ0) is 25.1. The quantitative estimate of drug-likeness (QED) is 0.189. The van der Waals surface area contributed by atoms with E-state index < -0.39 is 6.03 Å². The van der Waals surface area contributed by atoms with E-state index in [0.717, 1.165) is 58.6 Å². The van der Waals surface area contributed by atoms with E-state index in [4.69, 9.17) is 9.47 Å². The first-order valence-electron chi connectivity index (χ1n) is 14.5. The van der Waals surface area contributed by atoms with E-state index in [-0.39, 0.29) is 0 Å². The molecule has 4 aromatic rings. The number of unbranched alkanes of at least 4 members (excludes halogenated alkanes) is 2. The van der Waals surface area contributed by atoms with Gasteiger partial charge in [-0.05, 0) is 114 Å². The van der Waals surface area contributed by atoms with E-state index in [2.05, 4.69) is 81.5 Å². The lowest BCUT2D eigenvalue weighted by Crippen LogP contribution is -2.75. The molecule has 3 unspecified atom stereocenters. The van der Waals surface area contributed by atoms with Gasteiger partial charge in [-0.25, -0.2) is 0 Å². The van der Waals surface area contributed by atoms with Gasteiger partial charge in [0.25, 0.3) is 11.0 Å². The summed E-state index contributed by atoms with van der Waals surface area (Å²) in [5.41, 5.74) is 3.56. The Balaban J connectivity index is 0.931. The maximum atomic E-state index is 6.62. The minimum absolute atomic E-state index is 0.849.